The number of likely N-dealkylation sites (tertiary alicyclic amines) is 1. The Morgan fingerprint density at radius 2 is 2.00 bits per heavy atom. The van der Waals surface area contributed by atoms with Crippen LogP contribution in [0.25, 0.3) is 0 Å². The van der Waals surface area contributed by atoms with Gasteiger partial charge in [0, 0.05) is 20.2 Å². The van der Waals surface area contributed by atoms with E-state index in [2.05, 4.69) is 5.32 Å². The second kappa shape index (κ2) is 5.64. The summed E-state index contributed by atoms with van der Waals surface area (Å²) in [5.41, 5.74) is 0. The zero-order valence-corrected chi connectivity index (χ0v) is 10.1. The molecule has 0 aromatic heterocycles. The van der Waals surface area contributed by atoms with Crippen molar-refractivity contribution < 1.29 is 9.53 Å². The van der Waals surface area contributed by atoms with Gasteiger partial charge in [0.25, 0.3) is 0 Å². The summed E-state index contributed by atoms with van der Waals surface area (Å²) in [6.45, 7) is 3.22. The van der Waals surface area contributed by atoms with E-state index in [-0.39, 0.29) is 5.91 Å². The summed E-state index contributed by atoms with van der Waals surface area (Å²) in [5.74, 6) is 1.09. The Hall–Kier alpha value is -0.610. The van der Waals surface area contributed by atoms with Gasteiger partial charge >= 0.3 is 0 Å². The second-order valence-electron chi connectivity index (χ2n) is 4.89. The van der Waals surface area contributed by atoms with Crippen molar-refractivity contribution in [2.75, 3.05) is 33.3 Å². The van der Waals surface area contributed by atoms with Gasteiger partial charge in [-0.3, -0.25) is 4.79 Å². The molecule has 0 bridgehead atoms. The van der Waals surface area contributed by atoms with E-state index in [9.17, 15) is 4.79 Å². The third-order valence-corrected chi connectivity index (χ3v) is 3.53. The topological polar surface area (TPSA) is 41.6 Å². The highest BCUT2D eigenvalue weighted by Crippen LogP contribution is 2.27. The van der Waals surface area contributed by atoms with E-state index in [0.29, 0.717) is 12.6 Å². The van der Waals surface area contributed by atoms with Gasteiger partial charge in [0.05, 0.1) is 12.6 Å². The van der Waals surface area contributed by atoms with Crippen LogP contribution in [-0.4, -0.2) is 50.2 Å². The molecule has 0 aromatic carbocycles. The molecule has 2 rings (SSSR count). The standard InChI is InChI=1S/C12H22N2O2/c1-16-11-4-6-14(7-5-11)12(15)9-13-8-10-2-3-10/h10-11,13H,2-9H2,1H3. The lowest BCUT2D eigenvalue weighted by molar-refractivity contribution is -0.132. The molecule has 1 saturated heterocycles. The van der Waals surface area contributed by atoms with Crippen LogP contribution >= 0.6 is 0 Å². The molecule has 0 atom stereocenters. The molecule has 1 aliphatic heterocycles. The summed E-state index contributed by atoms with van der Waals surface area (Å²) in [7, 11) is 1.75. The number of carbonyl (C=O) groups excluding carboxylic acids is 1. The number of amides is 1. The molecule has 0 unspecified atom stereocenters. The van der Waals surface area contributed by atoms with Crippen LogP contribution in [0.15, 0.2) is 0 Å². The van der Waals surface area contributed by atoms with Crippen molar-refractivity contribution >= 4 is 5.91 Å². The number of piperidine rings is 1. The first kappa shape index (κ1) is 11.9. The van der Waals surface area contributed by atoms with E-state index in [4.69, 9.17) is 4.74 Å². The normalized spacial score (nSPS) is 22.4. The van der Waals surface area contributed by atoms with E-state index in [1.165, 1.54) is 12.8 Å². The number of nitrogens with one attached hydrogen (secondary N) is 1. The van der Waals surface area contributed by atoms with Crippen molar-refractivity contribution in [3.63, 3.8) is 0 Å². The van der Waals surface area contributed by atoms with Gasteiger partial charge in [-0.15, -0.1) is 0 Å². The average molecular weight is 226 g/mol. The maximum absolute atomic E-state index is 11.8. The zero-order valence-electron chi connectivity index (χ0n) is 10.1. The van der Waals surface area contributed by atoms with Crippen LogP contribution in [0.3, 0.4) is 0 Å². The summed E-state index contributed by atoms with van der Waals surface area (Å²) >= 11 is 0. The Kier molecular flexibility index (Phi) is 4.18. The lowest BCUT2D eigenvalue weighted by atomic mass is 10.1. The number of hydrogen-bond acceptors (Lipinski definition) is 3. The van der Waals surface area contributed by atoms with Crippen molar-refractivity contribution in [2.24, 2.45) is 5.92 Å². The fourth-order valence-corrected chi connectivity index (χ4v) is 2.16. The van der Waals surface area contributed by atoms with Crippen LogP contribution in [0.5, 0.6) is 0 Å². The highest BCUT2D eigenvalue weighted by molar-refractivity contribution is 5.78. The van der Waals surface area contributed by atoms with E-state index in [0.717, 1.165) is 38.4 Å². The molecule has 16 heavy (non-hydrogen) atoms. The molecule has 92 valence electrons. The molecular formula is C12H22N2O2. The minimum Gasteiger partial charge on any atom is -0.381 e. The van der Waals surface area contributed by atoms with E-state index in [1.54, 1.807) is 7.11 Å². The molecule has 4 heteroatoms. The highest BCUT2D eigenvalue weighted by Gasteiger charge is 2.23. The van der Waals surface area contributed by atoms with Crippen molar-refractivity contribution in [1.29, 1.82) is 0 Å². The molecule has 2 aliphatic rings. The maximum Gasteiger partial charge on any atom is 0.236 e. The molecule has 1 heterocycles. The number of hydrogen-bond donors (Lipinski definition) is 1. The number of nitrogens with zero attached hydrogens (tertiary/aromatic N) is 1. The summed E-state index contributed by atoms with van der Waals surface area (Å²) in [6.07, 6.45) is 4.97. The van der Waals surface area contributed by atoms with Gasteiger partial charge in [-0.05, 0) is 38.1 Å². The monoisotopic (exact) mass is 226 g/mol. The Morgan fingerprint density at radius 1 is 1.31 bits per heavy atom. The lowest BCUT2D eigenvalue weighted by Gasteiger charge is -2.31. The van der Waals surface area contributed by atoms with Gasteiger partial charge in [0.1, 0.15) is 0 Å². The zero-order chi connectivity index (χ0) is 11.4. The van der Waals surface area contributed by atoms with Crippen molar-refractivity contribution in [3.8, 4) is 0 Å². The quantitative estimate of drug-likeness (QED) is 0.747. The summed E-state index contributed by atoms with van der Waals surface area (Å²) in [6, 6.07) is 0. The molecule has 2 fully saturated rings. The van der Waals surface area contributed by atoms with Gasteiger partial charge in [0.15, 0.2) is 0 Å². The third kappa shape index (κ3) is 3.46. The molecule has 0 aromatic rings. The van der Waals surface area contributed by atoms with Crippen LogP contribution in [0, 0.1) is 5.92 Å². The van der Waals surface area contributed by atoms with Gasteiger partial charge in [-0.2, -0.15) is 0 Å². The van der Waals surface area contributed by atoms with Gasteiger partial charge in [0.2, 0.25) is 5.91 Å². The summed E-state index contributed by atoms with van der Waals surface area (Å²) in [4.78, 5) is 13.8. The SMILES string of the molecule is COC1CCN(C(=O)CNCC2CC2)CC1. The van der Waals surface area contributed by atoms with Crippen LogP contribution < -0.4 is 5.32 Å². The molecule has 4 nitrogen and oxygen atoms in total. The van der Waals surface area contributed by atoms with Crippen LogP contribution in [0.2, 0.25) is 0 Å². The molecular weight excluding hydrogens is 204 g/mol. The summed E-state index contributed by atoms with van der Waals surface area (Å²) < 4.78 is 5.29. The highest BCUT2D eigenvalue weighted by atomic mass is 16.5. The molecule has 0 spiro atoms. The van der Waals surface area contributed by atoms with Gasteiger partial charge < -0.3 is 15.0 Å². The molecule has 0 radical (unpaired) electrons. The lowest BCUT2D eigenvalue weighted by Crippen LogP contribution is -2.44. The number of carbonyl (C=O) groups is 1. The second-order valence-corrected chi connectivity index (χ2v) is 4.89. The number of rotatable bonds is 5. The molecule has 1 amide bonds. The van der Waals surface area contributed by atoms with Gasteiger partial charge in [-0.25, -0.2) is 0 Å². The average Bonchev–Trinajstić information content (AvgIpc) is 3.13. The Bertz CT molecular complexity index is 233. The van der Waals surface area contributed by atoms with Crippen molar-refractivity contribution in [3.05, 3.63) is 0 Å². The minimum atomic E-state index is 0.246. The predicted octanol–water partition coefficient (Wildman–Crippen LogP) is 0.623. The predicted molar refractivity (Wildman–Crippen MR) is 62.2 cm³/mol. The summed E-state index contributed by atoms with van der Waals surface area (Å²) in [5, 5.41) is 3.25. The Labute approximate surface area is 97.3 Å². The number of methoxy groups -OCH3 is 1. The fourth-order valence-electron chi connectivity index (χ4n) is 2.16. The first-order valence-corrected chi connectivity index (χ1v) is 6.31. The molecule has 1 saturated carbocycles. The van der Waals surface area contributed by atoms with E-state index in [1.807, 2.05) is 4.90 Å². The third-order valence-electron chi connectivity index (χ3n) is 3.53. The maximum atomic E-state index is 11.8. The van der Waals surface area contributed by atoms with E-state index >= 15 is 0 Å². The molecule has 1 N–H and O–H groups in total. The fraction of sp³-hybridized carbons (Fsp3) is 0.917. The largest absolute Gasteiger partial charge is 0.381 e. The Morgan fingerprint density at radius 3 is 2.56 bits per heavy atom. The first-order valence-electron chi connectivity index (χ1n) is 6.31. The van der Waals surface area contributed by atoms with Crippen LogP contribution in [0.4, 0.5) is 0 Å². The molecule has 1 aliphatic carbocycles. The van der Waals surface area contributed by atoms with Crippen LogP contribution in [-0.2, 0) is 9.53 Å². The Balaban J connectivity index is 1.61. The first-order chi connectivity index (χ1) is 7.79. The van der Waals surface area contributed by atoms with Gasteiger partial charge in [-0.1, -0.05) is 0 Å². The van der Waals surface area contributed by atoms with Crippen molar-refractivity contribution in [1.82, 2.24) is 10.2 Å². The number of ether oxygens (including phenoxy) is 1. The van der Waals surface area contributed by atoms with Crippen molar-refractivity contribution in [2.45, 2.75) is 31.8 Å². The van der Waals surface area contributed by atoms with Crippen LogP contribution in [0.1, 0.15) is 25.7 Å². The van der Waals surface area contributed by atoms with E-state index < -0.39 is 0 Å². The smallest absolute Gasteiger partial charge is 0.236 e. The minimum absolute atomic E-state index is 0.246.